The Labute approximate surface area is 97.6 Å². The van der Waals surface area contributed by atoms with Crippen molar-refractivity contribution >= 4 is 5.97 Å². The molecule has 0 aliphatic rings. The Morgan fingerprint density at radius 3 is 2.38 bits per heavy atom. The number of benzene rings is 1. The second-order valence-corrected chi connectivity index (χ2v) is 4.50. The molecule has 0 saturated heterocycles. The van der Waals surface area contributed by atoms with E-state index in [1.807, 2.05) is 18.2 Å². The maximum Gasteiger partial charge on any atom is 0.302 e. The highest BCUT2D eigenvalue weighted by atomic mass is 16.5. The van der Waals surface area contributed by atoms with E-state index < -0.39 is 0 Å². The molecule has 0 radical (unpaired) electrons. The molecule has 0 spiro atoms. The minimum atomic E-state index is -0.196. The average Bonchev–Trinajstić information content (AvgIpc) is 2.25. The van der Waals surface area contributed by atoms with Crippen molar-refractivity contribution in [2.75, 3.05) is 6.61 Å². The van der Waals surface area contributed by atoms with Gasteiger partial charge in [-0.15, -0.1) is 0 Å². The van der Waals surface area contributed by atoms with E-state index in [0.29, 0.717) is 18.4 Å². The number of hydrogen-bond donors (Lipinski definition) is 0. The minimum absolute atomic E-state index is 0.196. The van der Waals surface area contributed by atoms with Crippen molar-refractivity contribution in [1.29, 1.82) is 0 Å². The third-order valence-corrected chi connectivity index (χ3v) is 2.78. The number of ether oxygens (including phenoxy) is 1. The number of esters is 1. The second-order valence-electron chi connectivity index (χ2n) is 4.50. The molecule has 0 aliphatic carbocycles. The fourth-order valence-electron chi connectivity index (χ4n) is 1.63. The molecule has 1 aromatic rings. The van der Waals surface area contributed by atoms with Gasteiger partial charge in [0.15, 0.2) is 0 Å². The van der Waals surface area contributed by atoms with Gasteiger partial charge in [0, 0.05) is 6.92 Å². The van der Waals surface area contributed by atoms with Crippen LogP contribution in [0.15, 0.2) is 30.3 Å². The Kier molecular flexibility index (Phi) is 5.03. The van der Waals surface area contributed by atoms with Gasteiger partial charge in [-0.3, -0.25) is 4.79 Å². The largest absolute Gasteiger partial charge is 0.466 e. The van der Waals surface area contributed by atoms with Gasteiger partial charge in [-0.25, -0.2) is 0 Å². The number of hydrogen-bond acceptors (Lipinski definition) is 2. The van der Waals surface area contributed by atoms with Crippen molar-refractivity contribution in [2.24, 2.45) is 11.8 Å². The summed E-state index contributed by atoms with van der Waals surface area (Å²) >= 11 is 0. The lowest BCUT2D eigenvalue weighted by molar-refractivity contribution is -0.142. The molecule has 0 saturated carbocycles. The first-order valence-electron chi connectivity index (χ1n) is 5.77. The maximum atomic E-state index is 10.8. The zero-order chi connectivity index (χ0) is 12.0. The van der Waals surface area contributed by atoms with Gasteiger partial charge in [0.05, 0.1) is 6.61 Å². The van der Waals surface area contributed by atoms with Crippen LogP contribution in [0.25, 0.3) is 0 Å². The molecule has 16 heavy (non-hydrogen) atoms. The summed E-state index contributed by atoms with van der Waals surface area (Å²) < 4.78 is 5.10. The molecule has 0 aromatic heterocycles. The standard InChI is InChI=1S/C14H20O2/c1-11(2)14(10-16-12(3)15)9-13-7-5-4-6-8-13/h4-8,11,14H,9-10H2,1-3H3/t14-/m1/s1. The molecule has 1 atom stereocenters. The molecule has 88 valence electrons. The van der Waals surface area contributed by atoms with Crippen LogP contribution in [0.5, 0.6) is 0 Å². The normalized spacial score (nSPS) is 12.5. The average molecular weight is 220 g/mol. The monoisotopic (exact) mass is 220 g/mol. The lowest BCUT2D eigenvalue weighted by Crippen LogP contribution is -2.20. The van der Waals surface area contributed by atoms with Crippen molar-refractivity contribution in [3.05, 3.63) is 35.9 Å². The summed E-state index contributed by atoms with van der Waals surface area (Å²) in [7, 11) is 0. The van der Waals surface area contributed by atoms with Crippen LogP contribution in [0.4, 0.5) is 0 Å². The minimum Gasteiger partial charge on any atom is -0.466 e. The summed E-state index contributed by atoms with van der Waals surface area (Å²) in [5, 5.41) is 0. The molecule has 0 unspecified atom stereocenters. The number of rotatable bonds is 5. The Balaban J connectivity index is 2.54. The zero-order valence-electron chi connectivity index (χ0n) is 10.3. The van der Waals surface area contributed by atoms with Gasteiger partial charge in [-0.05, 0) is 23.8 Å². The van der Waals surface area contributed by atoms with E-state index in [1.165, 1.54) is 12.5 Å². The quantitative estimate of drug-likeness (QED) is 0.713. The highest BCUT2D eigenvalue weighted by Gasteiger charge is 2.15. The fourth-order valence-corrected chi connectivity index (χ4v) is 1.63. The van der Waals surface area contributed by atoms with Crippen LogP contribution in [-0.2, 0) is 16.0 Å². The first-order chi connectivity index (χ1) is 7.59. The molecule has 0 aliphatic heterocycles. The van der Waals surface area contributed by atoms with Crippen molar-refractivity contribution in [3.8, 4) is 0 Å². The van der Waals surface area contributed by atoms with Gasteiger partial charge < -0.3 is 4.74 Å². The molecular weight excluding hydrogens is 200 g/mol. The Hall–Kier alpha value is -1.31. The third-order valence-electron chi connectivity index (χ3n) is 2.78. The van der Waals surface area contributed by atoms with Crippen LogP contribution in [0, 0.1) is 11.8 Å². The molecule has 0 N–H and O–H groups in total. The molecule has 2 nitrogen and oxygen atoms in total. The third kappa shape index (κ3) is 4.47. The van der Waals surface area contributed by atoms with Crippen LogP contribution in [0.1, 0.15) is 26.3 Å². The Bertz CT molecular complexity index is 317. The Morgan fingerprint density at radius 2 is 1.88 bits per heavy atom. The van der Waals surface area contributed by atoms with Gasteiger partial charge in [-0.2, -0.15) is 0 Å². The first-order valence-corrected chi connectivity index (χ1v) is 5.77. The predicted octanol–water partition coefficient (Wildman–Crippen LogP) is 3.06. The molecule has 2 heteroatoms. The summed E-state index contributed by atoms with van der Waals surface area (Å²) in [6.45, 7) is 6.30. The summed E-state index contributed by atoms with van der Waals surface area (Å²) in [6, 6.07) is 10.3. The van der Waals surface area contributed by atoms with E-state index in [-0.39, 0.29) is 5.97 Å². The Morgan fingerprint density at radius 1 is 1.25 bits per heavy atom. The van der Waals surface area contributed by atoms with Crippen LogP contribution in [0.2, 0.25) is 0 Å². The smallest absolute Gasteiger partial charge is 0.302 e. The van der Waals surface area contributed by atoms with E-state index in [4.69, 9.17) is 4.74 Å². The second kappa shape index (κ2) is 6.31. The van der Waals surface area contributed by atoms with Crippen molar-refractivity contribution in [2.45, 2.75) is 27.2 Å². The van der Waals surface area contributed by atoms with E-state index in [1.54, 1.807) is 0 Å². The van der Waals surface area contributed by atoms with Crippen molar-refractivity contribution < 1.29 is 9.53 Å². The number of carbonyl (C=O) groups excluding carboxylic acids is 1. The van der Waals surface area contributed by atoms with Crippen LogP contribution >= 0.6 is 0 Å². The van der Waals surface area contributed by atoms with Gasteiger partial charge in [-0.1, -0.05) is 44.2 Å². The zero-order valence-corrected chi connectivity index (χ0v) is 10.3. The highest BCUT2D eigenvalue weighted by Crippen LogP contribution is 2.17. The van der Waals surface area contributed by atoms with Crippen LogP contribution in [0.3, 0.4) is 0 Å². The molecule has 0 heterocycles. The SMILES string of the molecule is CC(=O)OC[C@@H](Cc1ccccc1)C(C)C. The molecular formula is C14H20O2. The van der Waals surface area contributed by atoms with E-state index in [2.05, 4.69) is 26.0 Å². The lowest BCUT2D eigenvalue weighted by Gasteiger charge is -2.20. The summed E-state index contributed by atoms with van der Waals surface area (Å²) in [6.07, 6.45) is 0.964. The number of carbonyl (C=O) groups is 1. The molecule has 1 rings (SSSR count). The highest BCUT2D eigenvalue weighted by molar-refractivity contribution is 5.65. The van der Waals surface area contributed by atoms with E-state index in [9.17, 15) is 4.79 Å². The maximum absolute atomic E-state index is 10.8. The summed E-state index contributed by atoms with van der Waals surface area (Å²) in [5.74, 6) is 0.713. The van der Waals surface area contributed by atoms with Crippen LogP contribution < -0.4 is 0 Å². The molecule has 0 fully saturated rings. The molecule has 1 aromatic carbocycles. The van der Waals surface area contributed by atoms with E-state index >= 15 is 0 Å². The van der Waals surface area contributed by atoms with Crippen molar-refractivity contribution in [3.63, 3.8) is 0 Å². The lowest BCUT2D eigenvalue weighted by atomic mass is 9.90. The molecule has 0 amide bonds. The first kappa shape index (κ1) is 12.8. The summed E-state index contributed by atoms with van der Waals surface area (Å²) in [5.41, 5.74) is 1.30. The van der Waals surface area contributed by atoms with Crippen molar-refractivity contribution in [1.82, 2.24) is 0 Å². The van der Waals surface area contributed by atoms with E-state index in [0.717, 1.165) is 6.42 Å². The van der Waals surface area contributed by atoms with Gasteiger partial charge >= 0.3 is 5.97 Å². The van der Waals surface area contributed by atoms with Gasteiger partial charge in [0.2, 0.25) is 0 Å². The summed E-state index contributed by atoms with van der Waals surface area (Å²) in [4.78, 5) is 10.8. The van der Waals surface area contributed by atoms with Gasteiger partial charge in [0.1, 0.15) is 0 Å². The van der Waals surface area contributed by atoms with Crippen LogP contribution in [-0.4, -0.2) is 12.6 Å². The topological polar surface area (TPSA) is 26.3 Å². The predicted molar refractivity (Wildman–Crippen MR) is 65.1 cm³/mol. The van der Waals surface area contributed by atoms with Gasteiger partial charge in [0.25, 0.3) is 0 Å². The molecule has 0 bridgehead atoms. The fraction of sp³-hybridized carbons (Fsp3) is 0.500.